The van der Waals surface area contributed by atoms with Gasteiger partial charge in [-0.3, -0.25) is 4.79 Å². The number of hydrogen-bond donors (Lipinski definition) is 1. The molecule has 0 aliphatic carbocycles. The second-order valence-electron chi connectivity index (χ2n) is 3.53. The number of primary amides is 1. The van der Waals surface area contributed by atoms with Crippen LogP contribution in [-0.4, -0.2) is 5.91 Å². The summed E-state index contributed by atoms with van der Waals surface area (Å²) in [6.45, 7) is 6.13. The summed E-state index contributed by atoms with van der Waals surface area (Å²) in [6.07, 6.45) is 1.71. The van der Waals surface area contributed by atoms with Crippen LogP contribution in [0.15, 0.2) is 12.1 Å². The number of benzene rings is 1. The molecule has 0 saturated carbocycles. The maximum atomic E-state index is 11.3. The molecule has 0 radical (unpaired) electrons. The van der Waals surface area contributed by atoms with Crippen molar-refractivity contribution in [1.29, 1.82) is 0 Å². The quantitative estimate of drug-likeness (QED) is 0.782. The Morgan fingerprint density at radius 2 is 1.64 bits per heavy atom. The van der Waals surface area contributed by atoms with E-state index in [1.165, 1.54) is 5.56 Å². The standard InChI is InChI=1S/C12H17NO/c1-4-9-6-8(3)7-10(5-2)11(9)12(13)14/h6-7H,4-5H2,1-3H3,(H2,13,14). The Labute approximate surface area is 85.1 Å². The van der Waals surface area contributed by atoms with E-state index in [1.54, 1.807) is 0 Å². The van der Waals surface area contributed by atoms with Gasteiger partial charge < -0.3 is 5.73 Å². The van der Waals surface area contributed by atoms with Crippen LogP contribution in [0.5, 0.6) is 0 Å². The van der Waals surface area contributed by atoms with E-state index in [-0.39, 0.29) is 5.91 Å². The Morgan fingerprint density at radius 1 is 1.21 bits per heavy atom. The zero-order valence-corrected chi connectivity index (χ0v) is 9.05. The third-order valence-corrected chi connectivity index (χ3v) is 2.45. The van der Waals surface area contributed by atoms with Gasteiger partial charge >= 0.3 is 0 Å². The number of carbonyl (C=O) groups excluding carboxylic acids is 1. The van der Waals surface area contributed by atoms with E-state index in [0.29, 0.717) is 0 Å². The van der Waals surface area contributed by atoms with Gasteiger partial charge in [0.1, 0.15) is 0 Å². The van der Waals surface area contributed by atoms with E-state index in [9.17, 15) is 4.79 Å². The zero-order chi connectivity index (χ0) is 10.7. The molecule has 76 valence electrons. The van der Waals surface area contributed by atoms with Crippen LogP contribution in [0.4, 0.5) is 0 Å². The summed E-state index contributed by atoms with van der Waals surface area (Å²) in [4.78, 5) is 11.3. The first-order chi connectivity index (χ1) is 6.60. The van der Waals surface area contributed by atoms with Gasteiger partial charge in [0.05, 0.1) is 0 Å². The van der Waals surface area contributed by atoms with Crippen LogP contribution in [0.2, 0.25) is 0 Å². The number of hydrogen-bond acceptors (Lipinski definition) is 1. The molecule has 0 spiro atoms. The van der Waals surface area contributed by atoms with E-state index < -0.39 is 0 Å². The summed E-state index contributed by atoms with van der Waals surface area (Å²) in [6, 6.07) is 4.08. The monoisotopic (exact) mass is 191 g/mol. The first-order valence-corrected chi connectivity index (χ1v) is 5.02. The molecule has 0 aliphatic heterocycles. The van der Waals surface area contributed by atoms with Crippen molar-refractivity contribution in [2.45, 2.75) is 33.6 Å². The predicted molar refractivity (Wildman–Crippen MR) is 58.5 cm³/mol. The molecule has 0 atom stereocenters. The van der Waals surface area contributed by atoms with Gasteiger partial charge in [-0.25, -0.2) is 0 Å². The molecule has 1 rings (SSSR count). The molecule has 1 amide bonds. The number of nitrogens with two attached hydrogens (primary N) is 1. The van der Waals surface area contributed by atoms with Crippen LogP contribution in [0.25, 0.3) is 0 Å². The second kappa shape index (κ2) is 4.27. The fourth-order valence-electron chi connectivity index (χ4n) is 1.82. The second-order valence-corrected chi connectivity index (χ2v) is 3.53. The van der Waals surface area contributed by atoms with Crippen LogP contribution in [0.3, 0.4) is 0 Å². The van der Waals surface area contributed by atoms with Crippen LogP contribution < -0.4 is 5.73 Å². The average molecular weight is 191 g/mol. The van der Waals surface area contributed by atoms with Crippen molar-refractivity contribution in [1.82, 2.24) is 0 Å². The molecule has 0 aliphatic rings. The lowest BCUT2D eigenvalue weighted by Crippen LogP contribution is -2.16. The van der Waals surface area contributed by atoms with Crippen molar-refractivity contribution in [3.8, 4) is 0 Å². The van der Waals surface area contributed by atoms with E-state index in [1.807, 2.05) is 32.9 Å². The highest BCUT2D eigenvalue weighted by molar-refractivity contribution is 5.96. The fourth-order valence-corrected chi connectivity index (χ4v) is 1.82. The van der Waals surface area contributed by atoms with Gasteiger partial charge in [-0.2, -0.15) is 0 Å². The summed E-state index contributed by atoms with van der Waals surface area (Å²) in [5.74, 6) is -0.307. The highest BCUT2D eigenvalue weighted by Crippen LogP contribution is 2.18. The molecule has 0 saturated heterocycles. The molecular formula is C12H17NO. The Bertz CT molecular complexity index is 330. The smallest absolute Gasteiger partial charge is 0.249 e. The van der Waals surface area contributed by atoms with Crippen LogP contribution in [-0.2, 0) is 12.8 Å². The van der Waals surface area contributed by atoms with Crippen molar-refractivity contribution in [2.75, 3.05) is 0 Å². The van der Waals surface area contributed by atoms with Gasteiger partial charge in [-0.1, -0.05) is 31.5 Å². The third-order valence-electron chi connectivity index (χ3n) is 2.45. The third kappa shape index (κ3) is 1.95. The minimum Gasteiger partial charge on any atom is -0.366 e. The van der Waals surface area contributed by atoms with Gasteiger partial charge in [0, 0.05) is 5.56 Å². The highest BCUT2D eigenvalue weighted by Gasteiger charge is 2.11. The zero-order valence-electron chi connectivity index (χ0n) is 9.05. The lowest BCUT2D eigenvalue weighted by atomic mass is 9.94. The van der Waals surface area contributed by atoms with Gasteiger partial charge in [-0.15, -0.1) is 0 Å². The molecule has 1 aromatic carbocycles. The summed E-state index contributed by atoms with van der Waals surface area (Å²) in [7, 11) is 0. The van der Waals surface area contributed by atoms with E-state index in [0.717, 1.165) is 29.5 Å². The summed E-state index contributed by atoms with van der Waals surface area (Å²) >= 11 is 0. The van der Waals surface area contributed by atoms with Gasteiger partial charge in [-0.05, 0) is 30.9 Å². The summed E-state index contributed by atoms with van der Waals surface area (Å²) in [5.41, 5.74) is 9.43. The topological polar surface area (TPSA) is 43.1 Å². The van der Waals surface area contributed by atoms with Gasteiger partial charge in [0.15, 0.2) is 0 Å². The van der Waals surface area contributed by atoms with Crippen LogP contribution >= 0.6 is 0 Å². The number of carbonyl (C=O) groups is 1. The minimum atomic E-state index is -0.307. The van der Waals surface area contributed by atoms with E-state index >= 15 is 0 Å². The van der Waals surface area contributed by atoms with Crippen LogP contribution in [0.1, 0.15) is 40.9 Å². The molecule has 1 aromatic rings. The van der Waals surface area contributed by atoms with Crippen molar-refractivity contribution in [3.05, 3.63) is 34.4 Å². The minimum absolute atomic E-state index is 0.307. The first-order valence-electron chi connectivity index (χ1n) is 5.02. The highest BCUT2D eigenvalue weighted by atomic mass is 16.1. The van der Waals surface area contributed by atoms with Gasteiger partial charge in [0.2, 0.25) is 5.91 Å². The number of aryl methyl sites for hydroxylation is 3. The Balaban J connectivity index is 3.40. The fraction of sp³-hybridized carbons (Fsp3) is 0.417. The average Bonchev–Trinajstić information content (AvgIpc) is 2.15. The lowest BCUT2D eigenvalue weighted by Gasteiger charge is -2.11. The van der Waals surface area contributed by atoms with Crippen molar-refractivity contribution < 1.29 is 4.79 Å². The molecule has 0 aromatic heterocycles. The number of amides is 1. The predicted octanol–water partition coefficient (Wildman–Crippen LogP) is 2.22. The van der Waals surface area contributed by atoms with Gasteiger partial charge in [0.25, 0.3) is 0 Å². The first kappa shape index (κ1) is 10.8. The Morgan fingerprint density at radius 3 is 1.93 bits per heavy atom. The lowest BCUT2D eigenvalue weighted by molar-refractivity contribution is 0.0998. The maximum absolute atomic E-state index is 11.3. The molecular weight excluding hydrogens is 174 g/mol. The van der Waals surface area contributed by atoms with Crippen molar-refractivity contribution in [3.63, 3.8) is 0 Å². The van der Waals surface area contributed by atoms with Crippen molar-refractivity contribution in [2.24, 2.45) is 5.73 Å². The van der Waals surface area contributed by atoms with Crippen LogP contribution in [0, 0.1) is 6.92 Å². The normalized spacial score (nSPS) is 10.2. The Hall–Kier alpha value is -1.31. The summed E-state index contributed by atoms with van der Waals surface area (Å²) < 4.78 is 0. The molecule has 2 heteroatoms. The van der Waals surface area contributed by atoms with Crippen molar-refractivity contribution >= 4 is 5.91 Å². The maximum Gasteiger partial charge on any atom is 0.249 e. The van der Waals surface area contributed by atoms with E-state index in [2.05, 4.69) is 0 Å². The molecule has 0 unspecified atom stereocenters. The number of rotatable bonds is 3. The molecule has 2 nitrogen and oxygen atoms in total. The molecule has 0 heterocycles. The molecule has 14 heavy (non-hydrogen) atoms. The molecule has 2 N–H and O–H groups in total. The van der Waals surface area contributed by atoms with E-state index in [4.69, 9.17) is 5.73 Å². The molecule has 0 fully saturated rings. The molecule has 0 bridgehead atoms. The summed E-state index contributed by atoms with van der Waals surface area (Å²) in [5, 5.41) is 0. The Kier molecular flexibility index (Phi) is 3.28. The largest absolute Gasteiger partial charge is 0.366 e. The SMILES string of the molecule is CCc1cc(C)cc(CC)c1C(N)=O.